The largest absolute Gasteiger partial charge is 0.462 e. The van der Waals surface area contributed by atoms with Crippen molar-refractivity contribution in [1.29, 1.82) is 0 Å². The molecule has 0 bridgehead atoms. The number of hydrogen-bond donors (Lipinski definition) is 0. The highest BCUT2D eigenvalue weighted by Gasteiger charge is 2.05. The fourth-order valence-electron chi connectivity index (χ4n) is 0.949. The van der Waals surface area contributed by atoms with Crippen molar-refractivity contribution in [3.05, 3.63) is 24.3 Å². The molecule has 0 amide bonds. The maximum absolute atomic E-state index is 10.9. The summed E-state index contributed by atoms with van der Waals surface area (Å²) in [5.41, 5.74) is 0.910. The van der Waals surface area contributed by atoms with Gasteiger partial charge in [0.25, 0.3) is 0 Å². The Morgan fingerprint density at radius 2 is 1.43 bits per heavy atom. The van der Waals surface area contributed by atoms with Gasteiger partial charge in [-0.05, 0) is 0 Å². The Morgan fingerprint density at radius 1 is 1.00 bits per heavy atom. The number of ether oxygens (including phenoxy) is 2. The van der Waals surface area contributed by atoms with E-state index in [0.29, 0.717) is 26.1 Å². The van der Waals surface area contributed by atoms with Gasteiger partial charge in [-0.15, -0.1) is 0 Å². The summed E-state index contributed by atoms with van der Waals surface area (Å²) >= 11 is 0. The quantitative estimate of drug-likeness (QED) is 0.428. The monoisotopic (exact) mass is 196 g/mol. The molecular weight excluding hydrogens is 184 g/mol. The van der Waals surface area contributed by atoms with Crippen LogP contribution in [-0.4, -0.2) is 25.2 Å². The SMILES string of the molecule is C=C1CCOC(=O)/C=C/C(=O)OCC1. The molecule has 0 saturated carbocycles. The van der Waals surface area contributed by atoms with E-state index in [1.54, 1.807) is 0 Å². The molecule has 0 radical (unpaired) electrons. The molecule has 0 spiro atoms. The molecule has 1 aliphatic rings. The Bertz CT molecular complexity index is 252. The van der Waals surface area contributed by atoms with Crippen molar-refractivity contribution in [1.82, 2.24) is 0 Å². The van der Waals surface area contributed by atoms with Gasteiger partial charge in [0.05, 0.1) is 13.2 Å². The zero-order chi connectivity index (χ0) is 10.4. The predicted octanol–water partition coefficient (Wildman–Crippen LogP) is 0.979. The van der Waals surface area contributed by atoms with E-state index in [2.05, 4.69) is 6.58 Å². The average Bonchev–Trinajstić information content (AvgIpc) is 2.16. The van der Waals surface area contributed by atoms with Crippen molar-refractivity contribution in [2.45, 2.75) is 12.8 Å². The molecule has 0 aliphatic carbocycles. The van der Waals surface area contributed by atoms with Crippen molar-refractivity contribution in [2.75, 3.05) is 13.2 Å². The van der Waals surface area contributed by atoms with Crippen LogP contribution in [0.15, 0.2) is 24.3 Å². The molecule has 14 heavy (non-hydrogen) atoms. The van der Waals surface area contributed by atoms with Crippen LogP contribution < -0.4 is 0 Å². The summed E-state index contributed by atoms with van der Waals surface area (Å²) < 4.78 is 9.60. The highest BCUT2D eigenvalue weighted by molar-refractivity contribution is 5.91. The van der Waals surface area contributed by atoms with Crippen LogP contribution in [0.5, 0.6) is 0 Å². The minimum absolute atomic E-state index is 0.302. The highest BCUT2D eigenvalue weighted by atomic mass is 16.5. The third kappa shape index (κ3) is 3.89. The number of hydrogen-bond acceptors (Lipinski definition) is 4. The Balaban J connectivity index is 2.56. The summed E-state index contributed by atoms with van der Waals surface area (Å²) in [5.74, 6) is -1.06. The van der Waals surface area contributed by atoms with Crippen molar-refractivity contribution < 1.29 is 19.1 Å². The maximum Gasteiger partial charge on any atom is 0.331 e. The second-order valence-corrected chi connectivity index (χ2v) is 2.92. The molecule has 0 aromatic heterocycles. The summed E-state index contributed by atoms with van der Waals surface area (Å²) in [5, 5.41) is 0. The summed E-state index contributed by atoms with van der Waals surface area (Å²) in [6, 6.07) is 0. The molecule has 1 aliphatic heterocycles. The van der Waals surface area contributed by atoms with Gasteiger partial charge >= 0.3 is 11.9 Å². The topological polar surface area (TPSA) is 52.6 Å². The van der Waals surface area contributed by atoms with Crippen LogP contribution in [0.4, 0.5) is 0 Å². The molecule has 0 saturated heterocycles. The molecule has 1 rings (SSSR count). The van der Waals surface area contributed by atoms with Gasteiger partial charge in [-0.3, -0.25) is 0 Å². The fourth-order valence-corrected chi connectivity index (χ4v) is 0.949. The molecule has 0 unspecified atom stereocenters. The Morgan fingerprint density at radius 3 is 1.86 bits per heavy atom. The van der Waals surface area contributed by atoms with Crippen LogP contribution in [0.2, 0.25) is 0 Å². The molecule has 4 heteroatoms. The van der Waals surface area contributed by atoms with Crippen molar-refractivity contribution >= 4 is 11.9 Å². The lowest BCUT2D eigenvalue weighted by Crippen LogP contribution is -2.03. The van der Waals surface area contributed by atoms with Gasteiger partial charge in [0.15, 0.2) is 0 Å². The molecule has 0 aromatic rings. The van der Waals surface area contributed by atoms with Gasteiger partial charge in [-0.2, -0.15) is 0 Å². The Hall–Kier alpha value is -1.58. The van der Waals surface area contributed by atoms with E-state index in [1.807, 2.05) is 0 Å². The number of carbonyl (C=O) groups is 2. The van der Waals surface area contributed by atoms with Crippen LogP contribution in [0.3, 0.4) is 0 Å². The number of carbonyl (C=O) groups excluding carboxylic acids is 2. The van der Waals surface area contributed by atoms with E-state index in [9.17, 15) is 9.59 Å². The van der Waals surface area contributed by atoms with Crippen molar-refractivity contribution in [2.24, 2.45) is 0 Å². The molecule has 0 atom stereocenters. The standard InChI is InChI=1S/C10H12O4/c1-8-4-6-13-9(11)2-3-10(12)14-7-5-8/h2-3H,1,4-7H2/b3-2+. The van der Waals surface area contributed by atoms with Crippen LogP contribution in [-0.2, 0) is 19.1 Å². The van der Waals surface area contributed by atoms with E-state index in [1.165, 1.54) is 0 Å². The lowest BCUT2D eigenvalue weighted by atomic mass is 10.2. The van der Waals surface area contributed by atoms with Gasteiger partial charge < -0.3 is 9.47 Å². The minimum atomic E-state index is -0.531. The lowest BCUT2D eigenvalue weighted by Gasteiger charge is -2.04. The van der Waals surface area contributed by atoms with E-state index < -0.39 is 11.9 Å². The molecule has 0 aromatic carbocycles. The molecule has 76 valence electrons. The van der Waals surface area contributed by atoms with Crippen LogP contribution >= 0.6 is 0 Å². The van der Waals surface area contributed by atoms with Crippen LogP contribution in [0, 0.1) is 0 Å². The van der Waals surface area contributed by atoms with Gasteiger partial charge in [-0.1, -0.05) is 12.2 Å². The number of esters is 2. The number of cyclic esters (lactones) is 2. The van der Waals surface area contributed by atoms with E-state index in [4.69, 9.17) is 9.47 Å². The van der Waals surface area contributed by atoms with Crippen molar-refractivity contribution in [3.8, 4) is 0 Å². The summed E-state index contributed by atoms with van der Waals surface area (Å²) in [4.78, 5) is 21.8. The summed E-state index contributed by atoms with van der Waals surface area (Å²) in [7, 11) is 0. The Kier molecular flexibility index (Phi) is 3.91. The predicted molar refractivity (Wildman–Crippen MR) is 49.4 cm³/mol. The normalized spacial score (nSPS) is 21.9. The third-order valence-electron chi connectivity index (χ3n) is 1.76. The smallest absolute Gasteiger partial charge is 0.331 e. The molecular formula is C10H12O4. The van der Waals surface area contributed by atoms with Crippen molar-refractivity contribution in [3.63, 3.8) is 0 Å². The maximum atomic E-state index is 10.9. The molecule has 4 nitrogen and oxygen atoms in total. The highest BCUT2D eigenvalue weighted by Crippen LogP contribution is 2.05. The van der Waals surface area contributed by atoms with E-state index >= 15 is 0 Å². The third-order valence-corrected chi connectivity index (χ3v) is 1.76. The summed E-state index contributed by atoms with van der Waals surface area (Å²) in [6.07, 6.45) is 3.35. The fraction of sp³-hybridized carbons (Fsp3) is 0.400. The first kappa shape index (κ1) is 10.5. The van der Waals surface area contributed by atoms with Crippen LogP contribution in [0.25, 0.3) is 0 Å². The number of rotatable bonds is 0. The second-order valence-electron chi connectivity index (χ2n) is 2.92. The molecule has 1 heterocycles. The summed E-state index contributed by atoms with van der Waals surface area (Å²) in [6.45, 7) is 4.37. The molecule has 0 N–H and O–H groups in total. The first-order valence-corrected chi connectivity index (χ1v) is 4.37. The first-order valence-electron chi connectivity index (χ1n) is 4.37. The van der Waals surface area contributed by atoms with Crippen LogP contribution in [0.1, 0.15) is 12.8 Å². The van der Waals surface area contributed by atoms with Gasteiger partial charge in [0, 0.05) is 25.0 Å². The minimum Gasteiger partial charge on any atom is -0.462 e. The van der Waals surface area contributed by atoms with E-state index in [0.717, 1.165) is 17.7 Å². The Labute approximate surface area is 82.2 Å². The van der Waals surface area contributed by atoms with Gasteiger partial charge in [0.1, 0.15) is 0 Å². The zero-order valence-corrected chi connectivity index (χ0v) is 7.82. The lowest BCUT2D eigenvalue weighted by molar-refractivity contribution is -0.140. The van der Waals surface area contributed by atoms with Gasteiger partial charge in [0.2, 0.25) is 0 Å². The first-order chi connectivity index (χ1) is 6.68. The van der Waals surface area contributed by atoms with Gasteiger partial charge in [-0.25, -0.2) is 9.59 Å². The average molecular weight is 196 g/mol. The zero-order valence-electron chi connectivity index (χ0n) is 7.82. The molecule has 0 fully saturated rings. The van der Waals surface area contributed by atoms with E-state index in [-0.39, 0.29) is 0 Å². The second kappa shape index (κ2) is 5.21.